The minimum absolute atomic E-state index is 0.459. The van der Waals surface area contributed by atoms with E-state index in [2.05, 4.69) is 45.0 Å². The van der Waals surface area contributed by atoms with Crippen LogP contribution < -0.4 is 5.32 Å². The average molecular weight is 238 g/mol. The number of likely N-dealkylation sites (tertiary alicyclic amines) is 1. The van der Waals surface area contributed by atoms with Crippen LogP contribution in [0.1, 0.15) is 53.4 Å². The van der Waals surface area contributed by atoms with Crippen molar-refractivity contribution < 1.29 is 0 Å². The molecule has 0 aromatic rings. The Kier molecular flexibility index (Phi) is 3.57. The van der Waals surface area contributed by atoms with Gasteiger partial charge >= 0.3 is 0 Å². The van der Waals surface area contributed by atoms with E-state index in [0.29, 0.717) is 16.9 Å². The van der Waals surface area contributed by atoms with Crippen LogP contribution in [0.2, 0.25) is 0 Å². The molecule has 1 saturated carbocycles. The topological polar surface area (TPSA) is 15.3 Å². The van der Waals surface area contributed by atoms with Gasteiger partial charge in [0.1, 0.15) is 0 Å². The van der Waals surface area contributed by atoms with E-state index in [9.17, 15) is 0 Å². The molecule has 17 heavy (non-hydrogen) atoms. The molecule has 0 aromatic heterocycles. The van der Waals surface area contributed by atoms with E-state index in [1.54, 1.807) is 0 Å². The molecule has 1 saturated heterocycles. The van der Waals surface area contributed by atoms with Gasteiger partial charge in [-0.2, -0.15) is 0 Å². The van der Waals surface area contributed by atoms with Crippen molar-refractivity contribution in [2.75, 3.05) is 20.1 Å². The summed E-state index contributed by atoms with van der Waals surface area (Å²) in [6, 6.07) is 1.42. The maximum atomic E-state index is 3.59. The summed E-state index contributed by atoms with van der Waals surface area (Å²) >= 11 is 0. The van der Waals surface area contributed by atoms with Crippen molar-refractivity contribution in [3.8, 4) is 0 Å². The predicted octanol–water partition coefficient (Wildman–Crippen LogP) is 2.89. The van der Waals surface area contributed by atoms with Gasteiger partial charge in [-0.15, -0.1) is 0 Å². The summed E-state index contributed by atoms with van der Waals surface area (Å²) in [4.78, 5) is 2.76. The molecule has 0 amide bonds. The Morgan fingerprint density at radius 1 is 1.12 bits per heavy atom. The summed E-state index contributed by atoms with van der Waals surface area (Å²) in [7, 11) is 2.14. The second kappa shape index (κ2) is 4.55. The molecule has 0 bridgehead atoms. The van der Waals surface area contributed by atoms with Crippen LogP contribution in [0.5, 0.6) is 0 Å². The van der Waals surface area contributed by atoms with Crippen LogP contribution in [0.3, 0.4) is 0 Å². The normalized spacial score (nSPS) is 37.2. The zero-order valence-electron chi connectivity index (χ0n) is 12.3. The molecule has 2 nitrogen and oxygen atoms in total. The molecule has 0 aromatic carbocycles. The molecule has 2 unspecified atom stereocenters. The fourth-order valence-corrected chi connectivity index (χ4v) is 4.09. The number of rotatable bonds is 2. The van der Waals surface area contributed by atoms with Crippen LogP contribution in [-0.4, -0.2) is 37.1 Å². The largest absolute Gasteiger partial charge is 0.315 e. The number of nitrogens with zero attached hydrogens (tertiary/aromatic N) is 1. The lowest BCUT2D eigenvalue weighted by Crippen LogP contribution is -2.54. The molecule has 0 radical (unpaired) electrons. The minimum Gasteiger partial charge on any atom is -0.315 e. The van der Waals surface area contributed by atoms with Crippen molar-refractivity contribution in [2.45, 2.75) is 65.5 Å². The van der Waals surface area contributed by atoms with E-state index in [1.165, 1.54) is 38.8 Å². The van der Waals surface area contributed by atoms with Crippen molar-refractivity contribution in [3.05, 3.63) is 0 Å². The van der Waals surface area contributed by atoms with Gasteiger partial charge in [0, 0.05) is 18.6 Å². The Bertz CT molecular complexity index is 270. The summed E-state index contributed by atoms with van der Waals surface area (Å²) in [6.07, 6.45) is 5.50. The first-order valence-corrected chi connectivity index (χ1v) is 7.27. The van der Waals surface area contributed by atoms with E-state index in [1.807, 2.05) is 0 Å². The fraction of sp³-hybridized carbons (Fsp3) is 1.00. The van der Waals surface area contributed by atoms with Gasteiger partial charge in [0.05, 0.1) is 0 Å². The van der Waals surface area contributed by atoms with Gasteiger partial charge in [-0.1, -0.05) is 27.7 Å². The number of hydrogen-bond acceptors (Lipinski definition) is 2. The zero-order chi connectivity index (χ0) is 12.7. The molecular formula is C15H30N2. The van der Waals surface area contributed by atoms with Crippen LogP contribution >= 0.6 is 0 Å². The minimum atomic E-state index is 0.459. The Hall–Kier alpha value is -0.0800. The van der Waals surface area contributed by atoms with E-state index in [4.69, 9.17) is 0 Å². The lowest BCUT2D eigenvalue weighted by molar-refractivity contribution is 0.0611. The molecule has 2 rings (SSSR count). The van der Waals surface area contributed by atoms with Crippen LogP contribution in [-0.2, 0) is 0 Å². The third kappa shape index (κ3) is 2.68. The van der Waals surface area contributed by atoms with Gasteiger partial charge in [-0.05, 0) is 50.1 Å². The van der Waals surface area contributed by atoms with E-state index < -0.39 is 0 Å². The Balaban J connectivity index is 2.07. The summed E-state index contributed by atoms with van der Waals surface area (Å²) in [6.45, 7) is 12.3. The molecule has 1 N–H and O–H groups in total. The lowest BCUT2D eigenvalue weighted by atomic mass is 9.82. The maximum absolute atomic E-state index is 3.59. The highest BCUT2D eigenvalue weighted by Gasteiger charge is 2.45. The molecule has 2 atom stereocenters. The predicted molar refractivity (Wildman–Crippen MR) is 74.2 cm³/mol. The zero-order valence-corrected chi connectivity index (χ0v) is 12.3. The molecule has 2 aliphatic rings. The van der Waals surface area contributed by atoms with Crippen molar-refractivity contribution in [1.82, 2.24) is 10.2 Å². The summed E-state index contributed by atoms with van der Waals surface area (Å²) < 4.78 is 0. The second-order valence-electron chi connectivity index (χ2n) is 7.60. The summed E-state index contributed by atoms with van der Waals surface area (Å²) in [5.74, 6) is 0. The van der Waals surface area contributed by atoms with Crippen molar-refractivity contribution in [3.63, 3.8) is 0 Å². The molecular weight excluding hydrogens is 208 g/mol. The lowest BCUT2D eigenvalue weighted by Gasteiger charge is -2.44. The van der Waals surface area contributed by atoms with Gasteiger partial charge in [-0.3, -0.25) is 4.90 Å². The van der Waals surface area contributed by atoms with Gasteiger partial charge in [0.2, 0.25) is 0 Å². The smallest absolute Gasteiger partial charge is 0.0271 e. The van der Waals surface area contributed by atoms with Crippen LogP contribution in [0.15, 0.2) is 0 Å². The molecule has 2 fully saturated rings. The average Bonchev–Trinajstić information content (AvgIpc) is 2.51. The van der Waals surface area contributed by atoms with Crippen molar-refractivity contribution in [2.24, 2.45) is 10.8 Å². The summed E-state index contributed by atoms with van der Waals surface area (Å²) in [5, 5.41) is 3.59. The third-order valence-electron chi connectivity index (χ3n) is 5.02. The van der Waals surface area contributed by atoms with Gasteiger partial charge in [0.15, 0.2) is 0 Å². The van der Waals surface area contributed by atoms with Crippen molar-refractivity contribution >= 4 is 0 Å². The maximum Gasteiger partial charge on any atom is 0.0271 e. The van der Waals surface area contributed by atoms with Crippen LogP contribution in [0, 0.1) is 10.8 Å². The quantitative estimate of drug-likeness (QED) is 0.796. The van der Waals surface area contributed by atoms with Crippen LogP contribution in [0.4, 0.5) is 0 Å². The Labute approximate surface area is 107 Å². The highest BCUT2D eigenvalue weighted by molar-refractivity contribution is 5.01. The molecule has 1 aliphatic carbocycles. The molecule has 1 heterocycles. The SMILES string of the molecule is CNC1C(N2CCCC(C)(C)C2)CCC1(C)C. The number of piperidine rings is 1. The highest BCUT2D eigenvalue weighted by Crippen LogP contribution is 2.42. The first kappa shape index (κ1) is 13.4. The second-order valence-corrected chi connectivity index (χ2v) is 7.60. The van der Waals surface area contributed by atoms with Crippen molar-refractivity contribution in [1.29, 1.82) is 0 Å². The first-order valence-electron chi connectivity index (χ1n) is 7.27. The van der Waals surface area contributed by atoms with Crippen LogP contribution in [0.25, 0.3) is 0 Å². The van der Waals surface area contributed by atoms with E-state index >= 15 is 0 Å². The monoisotopic (exact) mass is 238 g/mol. The van der Waals surface area contributed by atoms with Gasteiger partial charge in [0.25, 0.3) is 0 Å². The molecule has 100 valence electrons. The standard InChI is InChI=1S/C15H30N2/c1-14(2)8-6-10-17(11-14)12-7-9-15(3,4)13(12)16-5/h12-13,16H,6-11H2,1-5H3. The number of likely N-dealkylation sites (N-methyl/N-ethyl adjacent to an activating group) is 1. The fourth-order valence-electron chi connectivity index (χ4n) is 4.09. The van der Waals surface area contributed by atoms with Gasteiger partial charge < -0.3 is 5.32 Å². The summed E-state index contributed by atoms with van der Waals surface area (Å²) in [5.41, 5.74) is 0.976. The first-order chi connectivity index (χ1) is 7.86. The number of hydrogen-bond donors (Lipinski definition) is 1. The number of nitrogens with one attached hydrogen (secondary N) is 1. The Morgan fingerprint density at radius 2 is 1.82 bits per heavy atom. The van der Waals surface area contributed by atoms with E-state index in [-0.39, 0.29) is 0 Å². The molecule has 0 spiro atoms. The van der Waals surface area contributed by atoms with E-state index in [0.717, 1.165) is 6.04 Å². The molecule has 1 aliphatic heterocycles. The highest BCUT2D eigenvalue weighted by atomic mass is 15.2. The Morgan fingerprint density at radius 3 is 2.41 bits per heavy atom. The van der Waals surface area contributed by atoms with Gasteiger partial charge in [-0.25, -0.2) is 0 Å². The molecule has 2 heteroatoms. The third-order valence-corrected chi connectivity index (χ3v) is 5.02.